The third-order valence-electron chi connectivity index (χ3n) is 4.31. The number of nitrogens with zero attached hydrogens (tertiary/aromatic N) is 3. The van der Waals surface area contributed by atoms with Gasteiger partial charge in [0.15, 0.2) is 5.82 Å². The highest BCUT2D eigenvalue weighted by Crippen LogP contribution is 2.35. The molecular weight excluding hydrogens is 300 g/mol. The Morgan fingerprint density at radius 3 is 2.65 bits per heavy atom. The van der Waals surface area contributed by atoms with Crippen LogP contribution in [0.5, 0.6) is 0 Å². The molecule has 0 aromatic carbocycles. The monoisotopic (exact) mass is 318 g/mol. The van der Waals surface area contributed by atoms with E-state index in [1.54, 1.807) is 13.0 Å². The largest absolute Gasteiger partial charge is 0.472 e. The minimum absolute atomic E-state index is 0.0440. The van der Waals surface area contributed by atoms with E-state index in [1.807, 2.05) is 20.8 Å². The maximum absolute atomic E-state index is 12.7. The Morgan fingerprint density at radius 1 is 1.35 bits per heavy atom. The Hall–Kier alpha value is -2.64. The van der Waals surface area contributed by atoms with Crippen LogP contribution in [0.1, 0.15) is 33.5 Å². The number of hydrogen-bond donors (Lipinski definition) is 1. The van der Waals surface area contributed by atoms with E-state index in [0.717, 1.165) is 4.90 Å². The molecule has 0 radical (unpaired) electrons. The first-order valence-electron chi connectivity index (χ1n) is 7.21. The minimum atomic E-state index is -0.971. The summed E-state index contributed by atoms with van der Waals surface area (Å²) in [5.74, 6) is 0.229. The predicted molar refractivity (Wildman–Crippen MR) is 78.9 cm³/mol. The molecule has 0 aliphatic carbocycles. The topological polar surface area (TPSA) is 101 Å². The molecule has 0 saturated carbocycles. The van der Waals surface area contributed by atoms with Crippen molar-refractivity contribution in [3.63, 3.8) is 0 Å². The molecule has 1 unspecified atom stereocenters. The van der Waals surface area contributed by atoms with Crippen molar-refractivity contribution in [2.24, 2.45) is 5.41 Å². The van der Waals surface area contributed by atoms with Crippen LogP contribution >= 0.6 is 0 Å². The lowest BCUT2D eigenvalue weighted by Crippen LogP contribution is -2.54. The second kappa shape index (κ2) is 4.94. The van der Waals surface area contributed by atoms with Crippen molar-refractivity contribution in [2.45, 2.75) is 39.8 Å². The van der Waals surface area contributed by atoms with Crippen molar-refractivity contribution >= 4 is 11.9 Å². The Morgan fingerprint density at radius 2 is 2.09 bits per heavy atom. The van der Waals surface area contributed by atoms with Gasteiger partial charge in [-0.15, -0.1) is 0 Å². The van der Waals surface area contributed by atoms with E-state index in [9.17, 15) is 9.59 Å². The van der Waals surface area contributed by atoms with Crippen molar-refractivity contribution in [3.8, 4) is 11.5 Å². The summed E-state index contributed by atoms with van der Waals surface area (Å²) in [6, 6.07) is 1.23. The van der Waals surface area contributed by atoms with Crippen LogP contribution in [-0.4, -0.2) is 32.5 Å². The SMILES string of the molecule is CC(C)(C)C1(C)NC(=O)N(Cc2noc(-c3ccoc3)n2)C1=O. The summed E-state index contributed by atoms with van der Waals surface area (Å²) in [7, 11) is 0. The summed E-state index contributed by atoms with van der Waals surface area (Å²) in [6.45, 7) is 7.39. The number of aromatic nitrogens is 2. The first-order chi connectivity index (χ1) is 10.7. The zero-order valence-corrected chi connectivity index (χ0v) is 13.4. The fourth-order valence-corrected chi connectivity index (χ4v) is 2.31. The van der Waals surface area contributed by atoms with E-state index in [0.29, 0.717) is 5.56 Å². The van der Waals surface area contributed by atoms with Crippen LogP contribution in [0.4, 0.5) is 4.79 Å². The van der Waals surface area contributed by atoms with Crippen LogP contribution in [0.15, 0.2) is 27.5 Å². The van der Waals surface area contributed by atoms with Gasteiger partial charge in [0, 0.05) is 0 Å². The maximum atomic E-state index is 12.7. The van der Waals surface area contributed by atoms with E-state index < -0.39 is 17.0 Å². The summed E-state index contributed by atoms with van der Waals surface area (Å²) in [5, 5.41) is 6.57. The third kappa shape index (κ3) is 2.39. The lowest BCUT2D eigenvalue weighted by atomic mass is 9.75. The zero-order chi connectivity index (χ0) is 16.8. The molecule has 0 spiro atoms. The van der Waals surface area contributed by atoms with Gasteiger partial charge in [-0.25, -0.2) is 4.79 Å². The summed E-state index contributed by atoms with van der Waals surface area (Å²) in [6.07, 6.45) is 2.97. The number of carbonyl (C=O) groups is 2. The molecule has 1 saturated heterocycles. The molecule has 23 heavy (non-hydrogen) atoms. The number of hydrogen-bond acceptors (Lipinski definition) is 6. The van der Waals surface area contributed by atoms with Crippen LogP contribution in [-0.2, 0) is 11.3 Å². The first kappa shape index (κ1) is 15.3. The van der Waals surface area contributed by atoms with E-state index in [4.69, 9.17) is 8.94 Å². The second-order valence-corrected chi connectivity index (χ2v) is 6.72. The van der Waals surface area contributed by atoms with E-state index in [1.165, 1.54) is 12.5 Å². The van der Waals surface area contributed by atoms with Crippen molar-refractivity contribution in [3.05, 3.63) is 24.4 Å². The molecule has 8 nitrogen and oxygen atoms in total. The van der Waals surface area contributed by atoms with Gasteiger partial charge in [0.05, 0.1) is 18.4 Å². The van der Waals surface area contributed by atoms with Gasteiger partial charge in [-0.1, -0.05) is 25.9 Å². The minimum Gasteiger partial charge on any atom is -0.472 e. The fraction of sp³-hybridized carbons (Fsp3) is 0.467. The number of carbonyl (C=O) groups excluding carboxylic acids is 2. The number of urea groups is 1. The Labute approximate surface area is 132 Å². The van der Waals surface area contributed by atoms with Crippen LogP contribution < -0.4 is 5.32 Å². The average molecular weight is 318 g/mol. The van der Waals surface area contributed by atoms with Gasteiger partial charge in [-0.2, -0.15) is 4.98 Å². The molecule has 1 atom stereocenters. The smallest absolute Gasteiger partial charge is 0.325 e. The van der Waals surface area contributed by atoms with Gasteiger partial charge in [0.1, 0.15) is 11.8 Å². The molecule has 3 heterocycles. The average Bonchev–Trinajstić information content (AvgIpc) is 3.16. The molecule has 3 amide bonds. The highest BCUT2D eigenvalue weighted by atomic mass is 16.5. The molecule has 1 aliphatic heterocycles. The van der Waals surface area contributed by atoms with Gasteiger partial charge in [0.2, 0.25) is 0 Å². The molecule has 1 aliphatic rings. The quantitative estimate of drug-likeness (QED) is 0.870. The normalized spacial score (nSPS) is 21.8. The van der Waals surface area contributed by atoms with E-state index in [-0.39, 0.29) is 24.2 Å². The summed E-state index contributed by atoms with van der Waals surface area (Å²) < 4.78 is 10.1. The predicted octanol–water partition coefficient (Wildman–Crippen LogP) is 2.19. The van der Waals surface area contributed by atoms with Gasteiger partial charge in [-0.3, -0.25) is 9.69 Å². The highest BCUT2D eigenvalue weighted by Gasteiger charge is 2.54. The van der Waals surface area contributed by atoms with E-state index >= 15 is 0 Å². The summed E-state index contributed by atoms with van der Waals surface area (Å²) >= 11 is 0. The lowest BCUT2D eigenvalue weighted by Gasteiger charge is -2.35. The van der Waals surface area contributed by atoms with Crippen LogP contribution in [0, 0.1) is 5.41 Å². The second-order valence-electron chi connectivity index (χ2n) is 6.72. The van der Waals surface area contributed by atoms with Crippen molar-refractivity contribution in [2.75, 3.05) is 0 Å². The summed E-state index contributed by atoms with van der Waals surface area (Å²) in [5.41, 5.74) is -0.755. The van der Waals surface area contributed by atoms with Crippen molar-refractivity contribution in [1.82, 2.24) is 20.4 Å². The fourth-order valence-electron chi connectivity index (χ4n) is 2.31. The van der Waals surface area contributed by atoms with Gasteiger partial charge >= 0.3 is 6.03 Å². The van der Waals surface area contributed by atoms with Crippen molar-refractivity contribution < 1.29 is 18.5 Å². The summed E-state index contributed by atoms with van der Waals surface area (Å²) in [4.78, 5) is 30.1. The molecule has 2 aromatic rings. The van der Waals surface area contributed by atoms with Crippen molar-refractivity contribution in [1.29, 1.82) is 0 Å². The maximum Gasteiger partial charge on any atom is 0.325 e. The molecule has 8 heteroatoms. The number of nitrogens with one attached hydrogen (secondary N) is 1. The number of furan rings is 1. The molecule has 1 N–H and O–H groups in total. The Balaban J connectivity index is 1.81. The molecular formula is C15H18N4O4. The van der Waals surface area contributed by atoms with Crippen LogP contribution in [0.3, 0.4) is 0 Å². The molecule has 0 bridgehead atoms. The Kier molecular flexibility index (Phi) is 3.28. The lowest BCUT2D eigenvalue weighted by molar-refractivity contribution is -0.134. The number of amides is 3. The molecule has 2 aromatic heterocycles. The van der Waals surface area contributed by atoms with Gasteiger partial charge in [-0.05, 0) is 18.4 Å². The Bertz CT molecular complexity index is 744. The highest BCUT2D eigenvalue weighted by molar-refractivity contribution is 6.07. The standard InChI is InChI=1S/C15H18N4O4/c1-14(2,3)15(4)12(20)19(13(21)17-15)7-10-16-11(23-18-10)9-5-6-22-8-9/h5-6,8H,7H2,1-4H3,(H,17,21). The van der Waals surface area contributed by atoms with Gasteiger partial charge < -0.3 is 14.3 Å². The first-order valence-corrected chi connectivity index (χ1v) is 7.21. The number of imide groups is 1. The number of rotatable bonds is 3. The molecule has 122 valence electrons. The molecule has 3 rings (SSSR count). The zero-order valence-electron chi connectivity index (χ0n) is 13.4. The van der Waals surface area contributed by atoms with E-state index in [2.05, 4.69) is 15.5 Å². The molecule has 1 fully saturated rings. The van der Waals surface area contributed by atoms with Crippen LogP contribution in [0.2, 0.25) is 0 Å². The van der Waals surface area contributed by atoms with Crippen LogP contribution in [0.25, 0.3) is 11.5 Å². The van der Waals surface area contributed by atoms with Gasteiger partial charge in [0.25, 0.3) is 11.8 Å². The third-order valence-corrected chi connectivity index (χ3v) is 4.31.